The summed E-state index contributed by atoms with van der Waals surface area (Å²) in [4.78, 5) is 38.8. The molecule has 7 heteroatoms. The number of carbonyl (C=O) groups is 3. The molecule has 1 unspecified atom stereocenters. The summed E-state index contributed by atoms with van der Waals surface area (Å²) >= 11 is 0. The molecule has 0 bridgehead atoms. The van der Waals surface area contributed by atoms with Crippen molar-refractivity contribution in [1.29, 1.82) is 0 Å². The topological polar surface area (TPSA) is 91.7 Å². The van der Waals surface area contributed by atoms with Gasteiger partial charge in [0, 0.05) is 31.3 Å². The lowest BCUT2D eigenvalue weighted by Gasteiger charge is -2.35. The number of carbonyl (C=O) groups excluding carboxylic acids is 3. The number of furan rings is 1. The third kappa shape index (κ3) is 4.10. The molecule has 1 aliphatic heterocycles. The summed E-state index contributed by atoms with van der Waals surface area (Å²) in [6, 6.07) is 17.2. The molecule has 1 atom stereocenters. The monoisotopic (exact) mass is 403 g/mol. The van der Waals surface area contributed by atoms with Gasteiger partial charge in [-0.1, -0.05) is 24.3 Å². The summed E-state index contributed by atoms with van der Waals surface area (Å²) in [5.74, 6) is -0.570. The van der Waals surface area contributed by atoms with Gasteiger partial charge in [0.2, 0.25) is 11.8 Å². The molecule has 0 radical (unpaired) electrons. The van der Waals surface area contributed by atoms with Crippen molar-refractivity contribution in [2.75, 3.05) is 10.6 Å². The van der Waals surface area contributed by atoms with E-state index in [0.29, 0.717) is 24.3 Å². The Hall–Kier alpha value is -3.87. The van der Waals surface area contributed by atoms with Crippen LogP contribution in [0.15, 0.2) is 71.3 Å². The van der Waals surface area contributed by atoms with Crippen LogP contribution in [0, 0.1) is 0 Å². The number of benzene rings is 2. The lowest BCUT2D eigenvalue weighted by atomic mass is 9.93. The zero-order valence-electron chi connectivity index (χ0n) is 16.4. The first-order chi connectivity index (χ1) is 14.5. The second-order valence-corrected chi connectivity index (χ2v) is 7.15. The minimum absolute atomic E-state index is 0.167. The number of amides is 3. The van der Waals surface area contributed by atoms with Gasteiger partial charge in [0.05, 0.1) is 6.26 Å². The van der Waals surface area contributed by atoms with E-state index in [4.69, 9.17) is 4.42 Å². The van der Waals surface area contributed by atoms with Crippen LogP contribution in [0.25, 0.3) is 0 Å². The van der Waals surface area contributed by atoms with E-state index in [1.807, 2.05) is 24.3 Å². The molecule has 0 spiro atoms. The van der Waals surface area contributed by atoms with Crippen LogP contribution in [0.5, 0.6) is 0 Å². The predicted molar refractivity (Wildman–Crippen MR) is 112 cm³/mol. The first-order valence-corrected chi connectivity index (χ1v) is 9.61. The SMILES string of the molecule is CC(=O)Nc1ccc(NC(=O)C2Cc3ccccc3CN2C(=O)c2ccco2)cc1. The number of rotatable bonds is 4. The molecular formula is C23H21N3O4. The van der Waals surface area contributed by atoms with Gasteiger partial charge >= 0.3 is 0 Å². The summed E-state index contributed by atoms with van der Waals surface area (Å²) in [6.45, 7) is 1.76. The summed E-state index contributed by atoms with van der Waals surface area (Å²) < 4.78 is 5.27. The zero-order valence-corrected chi connectivity index (χ0v) is 16.4. The second kappa shape index (κ2) is 8.24. The average molecular weight is 403 g/mol. The molecule has 0 saturated carbocycles. The molecule has 7 nitrogen and oxygen atoms in total. The van der Waals surface area contributed by atoms with Gasteiger partial charge in [-0.25, -0.2) is 0 Å². The maximum Gasteiger partial charge on any atom is 0.290 e. The Balaban J connectivity index is 1.56. The van der Waals surface area contributed by atoms with Crippen molar-refractivity contribution in [3.05, 3.63) is 83.8 Å². The van der Waals surface area contributed by atoms with Crippen LogP contribution in [-0.4, -0.2) is 28.7 Å². The van der Waals surface area contributed by atoms with Crippen LogP contribution in [0.1, 0.15) is 28.6 Å². The van der Waals surface area contributed by atoms with Crippen LogP contribution in [0.2, 0.25) is 0 Å². The van der Waals surface area contributed by atoms with Crippen LogP contribution in [0.3, 0.4) is 0 Å². The number of fused-ring (bicyclic) bond motifs is 1. The highest BCUT2D eigenvalue weighted by Gasteiger charge is 2.36. The molecule has 152 valence electrons. The van der Waals surface area contributed by atoms with Gasteiger partial charge in [0.25, 0.3) is 5.91 Å². The summed E-state index contributed by atoms with van der Waals surface area (Å²) in [5, 5.41) is 5.56. The Morgan fingerprint density at radius 2 is 1.57 bits per heavy atom. The summed E-state index contributed by atoms with van der Waals surface area (Å²) in [6.07, 6.45) is 1.86. The lowest BCUT2D eigenvalue weighted by Crippen LogP contribution is -2.50. The summed E-state index contributed by atoms with van der Waals surface area (Å²) in [7, 11) is 0. The molecule has 2 heterocycles. The van der Waals surface area contributed by atoms with Gasteiger partial charge in [-0.05, 0) is 47.5 Å². The quantitative estimate of drug-likeness (QED) is 0.698. The van der Waals surface area contributed by atoms with E-state index in [1.165, 1.54) is 13.2 Å². The Labute approximate surface area is 173 Å². The first-order valence-electron chi connectivity index (χ1n) is 9.61. The highest BCUT2D eigenvalue weighted by molar-refractivity contribution is 6.00. The van der Waals surface area contributed by atoms with E-state index in [9.17, 15) is 14.4 Å². The van der Waals surface area contributed by atoms with E-state index >= 15 is 0 Å². The highest BCUT2D eigenvalue weighted by Crippen LogP contribution is 2.26. The van der Waals surface area contributed by atoms with E-state index in [0.717, 1.165) is 11.1 Å². The minimum Gasteiger partial charge on any atom is -0.459 e. The van der Waals surface area contributed by atoms with E-state index in [-0.39, 0.29) is 23.5 Å². The number of nitrogens with one attached hydrogen (secondary N) is 2. The average Bonchev–Trinajstić information content (AvgIpc) is 3.28. The molecular weight excluding hydrogens is 382 g/mol. The van der Waals surface area contributed by atoms with Gasteiger partial charge in [-0.15, -0.1) is 0 Å². The molecule has 2 N–H and O–H groups in total. The predicted octanol–water partition coefficient (Wildman–Crippen LogP) is 3.44. The van der Waals surface area contributed by atoms with E-state index < -0.39 is 6.04 Å². The molecule has 4 rings (SSSR count). The van der Waals surface area contributed by atoms with Crippen molar-refractivity contribution in [3.8, 4) is 0 Å². The molecule has 0 aliphatic carbocycles. The molecule has 3 amide bonds. The van der Waals surface area contributed by atoms with Crippen LogP contribution in [-0.2, 0) is 22.6 Å². The molecule has 2 aromatic carbocycles. The molecule has 1 aliphatic rings. The van der Waals surface area contributed by atoms with Crippen LogP contribution < -0.4 is 10.6 Å². The van der Waals surface area contributed by atoms with Gasteiger partial charge in [0.15, 0.2) is 5.76 Å². The third-order valence-corrected chi connectivity index (χ3v) is 5.02. The lowest BCUT2D eigenvalue weighted by molar-refractivity contribution is -0.121. The zero-order chi connectivity index (χ0) is 21.1. The fraction of sp³-hybridized carbons (Fsp3) is 0.174. The molecule has 1 aromatic heterocycles. The van der Waals surface area contributed by atoms with Gasteiger partial charge in [-0.2, -0.15) is 0 Å². The number of hydrogen-bond donors (Lipinski definition) is 2. The van der Waals surface area contributed by atoms with Gasteiger partial charge < -0.3 is 20.0 Å². The Morgan fingerprint density at radius 1 is 0.900 bits per heavy atom. The minimum atomic E-state index is -0.674. The Bertz CT molecular complexity index is 1070. The maximum absolute atomic E-state index is 13.1. The van der Waals surface area contributed by atoms with Gasteiger partial charge in [0.1, 0.15) is 6.04 Å². The fourth-order valence-electron chi connectivity index (χ4n) is 3.58. The molecule has 0 saturated heterocycles. The van der Waals surface area contributed by atoms with Gasteiger partial charge in [-0.3, -0.25) is 14.4 Å². The summed E-state index contributed by atoms with van der Waals surface area (Å²) in [5.41, 5.74) is 3.28. The van der Waals surface area contributed by atoms with Crippen molar-refractivity contribution >= 4 is 29.1 Å². The maximum atomic E-state index is 13.1. The van der Waals surface area contributed by atoms with Crippen molar-refractivity contribution in [2.45, 2.75) is 25.9 Å². The second-order valence-electron chi connectivity index (χ2n) is 7.15. The Kier molecular flexibility index (Phi) is 5.34. The Morgan fingerprint density at radius 3 is 2.20 bits per heavy atom. The van der Waals surface area contributed by atoms with Crippen molar-refractivity contribution in [3.63, 3.8) is 0 Å². The van der Waals surface area contributed by atoms with E-state index in [1.54, 1.807) is 41.3 Å². The van der Waals surface area contributed by atoms with Crippen molar-refractivity contribution in [2.24, 2.45) is 0 Å². The van der Waals surface area contributed by atoms with E-state index in [2.05, 4.69) is 10.6 Å². The normalized spacial score (nSPS) is 15.2. The van der Waals surface area contributed by atoms with Crippen molar-refractivity contribution in [1.82, 2.24) is 4.90 Å². The first kappa shape index (κ1) is 19.4. The van der Waals surface area contributed by atoms with Crippen LogP contribution in [0.4, 0.5) is 11.4 Å². The molecule has 0 fully saturated rings. The molecule has 30 heavy (non-hydrogen) atoms. The highest BCUT2D eigenvalue weighted by atomic mass is 16.3. The number of anilines is 2. The molecule has 3 aromatic rings. The number of nitrogens with zero attached hydrogens (tertiary/aromatic N) is 1. The fourth-order valence-corrected chi connectivity index (χ4v) is 3.58. The largest absolute Gasteiger partial charge is 0.459 e. The number of hydrogen-bond acceptors (Lipinski definition) is 4. The third-order valence-electron chi connectivity index (χ3n) is 5.02. The van der Waals surface area contributed by atoms with Crippen LogP contribution >= 0.6 is 0 Å². The standard InChI is InChI=1S/C23H21N3O4/c1-15(27)24-18-8-10-19(11-9-18)25-22(28)20-13-16-5-2-3-6-17(16)14-26(20)23(29)21-7-4-12-30-21/h2-12,20H,13-14H2,1H3,(H,24,27)(H,25,28). The van der Waals surface area contributed by atoms with Crippen molar-refractivity contribution < 1.29 is 18.8 Å². The smallest absolute Gasteiger partial charge is 0.290 e.